The van der Waals surface area contributed by atoms with Crippen LogP contribution in [0, 0.1) is 6.92 Å². The zero-order valence-corrected chi connectivity index (χ0v) is 10.4. The molecule has 2 aromatic rings. The molecule has 0 aliphatic heterocycles. The number of anilines is 1. The van der Waals surface area contributed by atoms with Crippen LogP contribution in [0.1, 0.15) is 5.69 Å². The van der Waals surface area contributed by atoms with Crippen molar-refractivity contribution in [2.24, 2.45) is 0 Å². The van der Waals surface area contributed by atoms with Gasteiger partial charge in [0.15, 0.2) is 0 Å². The molecule has 4 heteroatoms. The Labute approximate surface area is 102 Å². The number of nitrogens with zero attached hydrogens (tertiary/aromatic N) is 1. The first-order valence-electron chi connectivity index (χ1n) is 4.83. The van der Waals surface area contributed by atoms with Gasteiger partial charge in [-0.25, -0.2) is 0 Å². The van der Waals surface area contributed by atoms with E-state index in [-0.39, 0.29) is 11.2 Å². The van der Waals surface area contributed by atoms with Gasteiger partial charge in [0.2, 0.25) is 0 Å². The summed E-state index contributed by atoms with van der Waals surface area (Å²) in [6.45, 7) is 1.88. The minimum atomic E-state index is -0.182. The molecule has 2 N–H and O–H groups in total. The van der Waals surface area contributed by atoms with Crippen LogP contribution in [0.15, 0.2) is 45.7 Å². The third-order valence-electron chi connectivity index (χ3n) is 2.37. The summed E-state index contributed by atoms with van der Waals surface area (Å²) in [4.78, 5) is 11.9. The number of benzene rings is 1. The van der Waals surface area contributed by atoms with Crippen LogP contribution < -0.4 is 11.3 Å². The van der Waals surface area contributed by atoms with Gasteiger partial charge in [0.05, 0.1) is 11.4 Å². The highest BCUT2D eigenvalue weighted by molar-refractivity contribution is 9.10. The summed E-state index contributed by atoms with van der Waals surface area (Å²) in [5.41, 5.74) is 7.36. The zero-order valence-electron chi connectivity index (χ0n) is 8.77. The number of aryl methyl sites for hydroxylation is 1. The van der Waals surface area contributed by atoms with Crippen molar-refractivity contribution in [2.45, 2.75) is 6.92 Å². The van der Waals surface area contributed by atoms with Crippen LogP contribution in [0.25, 0.3) is 5.69 Å². The first-order valence-corrected chi connectivity index (χ1v) is 5.63. The minimum absolute atomic E-state index is 0.182. The molecular formula is C12H11BrN2O. The number of nitrogen functional groups attached to an aromatic ring is 1. The topological polar surface area (TPSA) is 48.0 Å². The third kappa shape index (κ3) is 1.88. The molecule has 0 saturated carbocycles. The molecule has 0 bridgehead atoms. The Bertz CT molecular complexity index is 590. The van der Waals surface area contributed by atoms with Crippen molar-refractivity contribution in [3.05, 3.63) is 56.9 Å². The monoisotopic (exact) mass is 278 g/mol. The van der Waals surface area contributed by atoms with Crippen LogP contribution in [-0.2, 0) is 0 Å². The maximum atomic E-state index is 11.9. The molecule has 3 nitrogen and oxygen atoms in total. The number of aromatic nitrogens is 1. The predicted octanol–water partition coefficient (Wildman–Crippen LogP) is 2.49. The minimum Gasteiger partial charge on any atom is -0.394 e. The molecule has 82 valence electrons. The van der Waals surface area contributed by atoms with E-state index in [4.69, 9.17) is 5.73 Å². The van der Waals surface area contributed by atoms with E-state index in [0.717, 1.165) is 15.9 Å². The van der Waals surface area contributed by atoms with Gasteiger partial charge in [-0.2, -0.15) is 0 Å². The van der Waals surface area contributed by atoms with Crippen molar-refractivity contribution >= 4 is 21.6 Å². The van der Waals surface area contributed by atoms with Gasteiger partial charge in [-0.3, -0.25) is 9.36 Å². The summed E-state index contributed by atoms with van der Waals surface area (Å²) in [5, 5.41) is 0. The zero-order chi connectivity index (χ0) is 11.7. The molecule has 0 saturated heterocycles. The predicted molar refractivity (Wildman–Crippen MR) is 68.9 cm³/mol. The van der Waals surface area contributed by atoms with Crippen LogP contribution >= 0.6 is 15.9 Å². The number of pyridine rings is 1. The van der Waals surface area contributed by atoms with Gasteiger partial charge >= 0.3 is 0 Å². The highest BCUT2D eigenvalue weighted by Gasteiger charge is 2.05. The molecule has 1 aromatic carbocycles. The molecule has 0 spiro atoms. The molecule has 0 aliphatic rings. The standard InChI is InChI=1S/C12H11BrN2O/c1-8-5-6-11(14)12(16)15(8)10-4-2-3-9(13)7-10/h2-7H,14H2,1H3. The molecule has 0 atom stereocenters. The molecule has 16 heavy (non-hydrogen) atoms. The summed E-state index contributed by atoms with van der Waals surface area (Å²) in [5.74, 6) is 0. The maximum absolute atomic E-state index is 11.9. The van der Waals surface area contributed by atoms with Gasteiger partial charge in [-0.05, 0) is 37.3 Å². The lowest BCUT2D eigenvalue weighted by Gasteiger charge is -2.10. The number of nitrogens with two attached hydrogens (primary N) is 1. The summed E-state index contributed by atoms with van der Waals surface area (Å²) < 4.78 is 2.53. The number of rotatable bonds is 1. The second-order valence-electron chi connectivity index (χ2n) is 3.55. The fourth-order valence-corrected chi connectivity index (χ4v) is 1.97. The summed E-state index contributed by atoms with van der Waals surface area (Å²) in [6.07, 6.45) is 0. The van der Waals surface area contributed by atoms with Crippen molar-refractivity contribution in [3.8, 4) is 5.69 Å². The number of hydrogen-bond acceptors (Lipinski definition) is 2. The van der Waals surface area contributed by atoms with E-state index in [0.29, 0.717) is 0 Å². The first kappa shape index (κ1) is 11.0. The fraction of sp³-hybridized carbons (Fsp3) is 0.0833. The van der Waals surface area contributed by atoms with Gasteiger partial charge in [0, 0.05) is 10.2 Å². The molecule has 0 radical (unpaired) electrons. The summed E-state index contributed by atoms with van der Waals surface area (Å²) in [6, 6.07) is 11.0. The highest BCUT2D eigenvalue weighted by Crippen LogP contribution is 2.15. The van der Waals surface area contributed by atoms with Crippen LogP contribution in [-0.4, -0.2) is 4.57 Å². The van der Waals surface area contributed by atoms with E-state index in [1.165, 1.54) is 0 Å². The molecule has 0 fully saturated rings. The Hall–Kier alpha value is -1.55. The van der Waals surface area contributed by atoms with E-state index >= 15 is 0 Å². The SMILES string of the molecule is Cc1ccc(N)c(=O)n1-c1cccc(Br)c1. The average molecular weight is 279 g/mol. The normalized spacial score (nSPS) is 10.4. The lowest BCUT2D eigenvalue weighted by molar-refractivity contribution is 0.938. The van der Waals surface area contributed by atoms with Crippen molar-refractivity contribution in [2.75, 3.05) is 5.73 Å². The van der Waals surface area contributed by atoms with Crippen molar-refractivity contribution in [1.82, 2.24) is 4.57 Å². The quantitative estimate of drug-likeness (QED) is 0.871. The first-order chi connectivity index (χ1) is 7.59. The highest BCUT2D eigenvalue weighted by atomic mass is 79.9. The smallest absolute Gasteiger partial charge is 0.278 e. The second kappa shape index (κ2) is 4.14. The number of hydrogen-bond donors (Lipinski definition) is 1. The van der Waals surface area contributed by atoms with Crippen molar-refractivity contribution in [1.29, 1.82) is 0 Å². The van der Waals surface area contributed by atoms with Crippen LogP contribution in [0.2, 0.25) is 0 Å². The van der Waals surface area contributed by atoms with Crippen LogP contribution in [0.4, 0.5) is 5.69 Å². The molecule has 0 unspecified atom stereocenters. The van der Waals surface area contributed by atoms with Crippen molar-refractivity contribution in [3.63, 3.8) is 0 Å². The van der Waals surface area contributed by atoms with Crippen LogP contribution in [0.5, 0.6) is 0 Å². The van der Waals surface area contributed by atoms with E-state index in [9.17, 15) is 4.79 Å². The molecule has 2 rings (SSSR count). The Morgan fingerprint density at radius 2 is 2.00 bits per heavy atom. The molecule has 1 heterocycles. The van der Waals surface area contributed by atoms with Gasteiger partial charge < -0.3 is 5.73 Å². The van der Waals surface area contributed by atoms with E-state index < -0.39 is 0 Å². The average Bonchev–Trinajstić information content (AvgIpc) is 2.24. The third-order valence-corrected chi connectivity index (χ3v) is 2.87. The largest absolute Gasteiger partial charge is 0.394 e. The lowest BCUT2D eigenvalue weighted by Crippen LogP contribution is -2.22. The maximum Gasteiger partial charge on any atom is 0.278 e. The molecule has 0 amide bonds. The second-order valence-corrected chi connectivity index (χ2v) is 4.47. The Balaban J connectivity index is 2.74. The van der Waals surface area contributed by atoms with Crippen LogP contribution in [0.3, 0.4) is 0 Å². The lowest BCUT2D eigenvalue weighted by atomic mass is 10.2. The Morgan fingerprint density at radius 3 is 2.69 bits per heavy atom. The Morgan fingerprint density at radius 1 is 1.25 bits per heavy atom. The van der Waals surface area contributed by atoms with Gasteiger partial charge in [0.25, 0.3) is 5.56 Å². The number of halogens is 1. The van der Waals surface area contributed by atoms with E-state index in [2.05, 4.69) is 15.9 Å². The summed E-state index contributed by atoms with van der Waals surface area (Å²) in [7, 11) is 0. The molecular weight excluding hydrogens is 268 g/mol. The molecule has 0 aliphatic carbocycles. The molecule has 1 aromatic heterocycles. The van der Waals surface area contributed by atoms with Crippen molar-refractivity contribution < 1.29 is 0 Å². The van der Waals surface area contributed by atoms with Gasteiger partial charge in [-0.15, -0.1) is 0 Å². The fourth-order valence-electron chi connectivity index (χ4n) is 1.58. The van der Waals surface area contributed by atoms with E-state index in [1.54, 1.807) is 10.6 Å². The van der Waals surface area contributed by atoms with Gasteiger partial charge in [0.1, 0.15) is 0 Å². The summed E-state index contributed by atoms with van der Waals surface area (Å²) >= 11 is 3.38. The van der Waals surface area contributed by atoms with E-state index in [1.807, 2.05) is 37.3 Å². The Kier molecular flexibility index (Phi) is 2.83. The van der Waals surface area contributed by atoms with Gasteiger partial charge in [-0.1, -0.05) is 22.0 Å².